The van der Waals surface area contributed by atoms with Gasteiger partial charge >= 0.3 is 17.9 Å². The van der Waals surface area contributed by atoms with Crippen LogP contribution in [0.4, 0.5) is 0 Å². The molecule has 0 rings (SSSR count). The van der Waals surface area contributed by atoms with E-state index in [0.717, 1.165) is 116 Å². The number of ether oxygens (including phenoxy) is 3. The van der Waals surface area contributed by atoms with E-state index in [1.54, 1.807) is 0 Å². The largest absolute Gasteiger partial charge is 0.462 e. The van der Waals surface area contributed by atoms with E-state index >= 15 is 0 Å². The zero-order valence-corrected chi connectivity index (χ0v) is 48.4. The first-order chi connectivity index (χ1) is 36.0. The van der Waals surface area contributed by atoms with Gasteiger partial charge < -0.3 is 14.2 Å². The molecule has 0 saturated heterocycles. The van der Waals surface area contributed by atoms with Gasteiger partial charge in [0.05, 0.1) is 0 Å². The van der Waals surface area contributed by atoms with Crippen molar-refractivity contribution in [3.63, 3.8) is 0 Å². The fraction of sp³-hybridized carbons (Fsp3) is 0.776. The first-order valence-corrected chi connectivity index (χ1v) is 31.4. The van der Waals surface area contributed by atoms with E-state index in [2.05, 4.69) is 93.7 Å². The molecule has 0 aromatic heterocycles. The molecule has 0 saturated carbocycles. The highest BCUT2D eigenvalue weighted by molar-refractivity contribution is 5.71. The Labute approximate surface area is 453 Å². The molecule has 0 heterocycles. The first kappa shape index (κ1) is 69.8. The van der Waals surface area contributed by atoms with E-state index in [1.165, 1.54) is 161 Å². The van der Waals surface area contributed by atoms with Gasteiger partial charge in [-0.05, 0) is 89.9 Å². The predicted octanol–water partition coefficient (Wildman–Crippen LogP) is 21.3. The molecule has 0 N–H and O–H groups in total. The van der Waals surface area contributed by atoms with Crippen LogP contribution in [0.5, 0.6) is 0 Å². The highest BCUT2D eigenvalue weighted by Crippen LogP contribution is 2.17. The minimum Gasteiger partial charge on any atom is -0.462 e. The third-order valence-electron chi connectivity index (χ3n) is 13.7. The van der Waals surface area contributed by atoms with Crippen molar-refractivity contribution in [2.45, 2.75) is 322 Å². The monoisotopic (exact) mass is 1020 g/mol. The second-order valence-corrected chi connectivity index (χ2v) is 20.9. The van der Waals surface area contributed by atoms with Crippen LogP contribution in [-0.4, -0.2) is 37.2 Å². The maximum Gasteiger partial charge on any atom is 0.306 e. The zero-order chi connectivity index (χ0) is 52.9. The Bertz CT molecular complexity index is 1360. The fourth-order valence-electron chi connectivity index (χ4n) is 9.00. The molecule has 0 aromatic rings. The summed E-state index contributed by atoms with van der Waals surface area (Å²) in [7, 11) is 0. The summed E-state index contributed by atoms with van der Waals surface area (Å²) >= 11 is 0. The van der Waals surface area contributed by atoms with Gasteiger partial charge in [0.1, 0.15) is 13.2 Å². The molecule has 6 nitrogen and oxygen atoms in total. The lowest BCUT2D eigenvalue weighted by Crippen LogP contribution is -2.30. The number of carbonyl (C=O) groups excluding carboxylic acids is 3. The molecule has 422 valence electrons. The van der Waals surface area contributed by atoms with Crippen LogP contribution in [0.25, 0.3) is 0 Å². The molecule has 0 aliphatic carbocycles. The minimum atomic E-state index is -0.782. The molecule has 0 aliphatic rings. The summed E-state index contributed by atoms with van der Waals surface area (Å²) in [5, 5.41) is 0. The van der Waals surface area contributed by atoms with Crippen LogP contribution >= 0.6 is 0 Å². The quantitative estimate of drug-likeness (QED) is 0.0261. The molecule has 6 heteroatoms. The van der Waals surface area contributed by atoms with Gasteiger partial charge in [-0.25, -0.2) is 0 Å². The smallest absolute Gasteiger partial charge is 0.306 e. The van der Waals surface area contributed by atoms with Crippen LogP contribution in [-0.2, 0) is 28.6 Å². The van der Waals surface area contributed by atoms with E-state index in [9.17, 15) is 14.4 Å². The van der Waals surface area contributed by atoms with Gasteiger partial charge in [-0.3, -0.25) is 14.4 Å². The number of hydrogen-bond donors (Lipinski definition) is 0. The Balaban J connectivity index is 4.02. The maximum atomic E-state index is 12.8. The van der Waals surface area contributed by atoms with Gasteiger partial charge in [-0.15, -0.1) is 0 Å². The number of rotatable bonds is 57. The van der Waals surface area contributed by atoms with Crippen molar-refractivity contribution < 1.29 is 28.6 Å². The third kappa shape index (κ3) is 59.6. The van der Waals surface area contributed by atoms with Gasteiger partial charge in [0.2, 0.25) is 0 Å². The van der Waals surface area contributed by atoms with Crippen molar-refractivity contribution in [3.8, 4) is 0 Å². The molecule has 0 amide bonds. The van der Waals surface area contributed by atoms with E-state index in [1.807, 2.05) is 0 Å². The highest BCUT2D eigenvalue weighted by atomic mass is 16.6. The molecular formula is C67H118O6. The lowest BCUT2D eigenvalue weighted by Gasteiger charge is -2.18. The number of esters is 3. The van der Waals surface area contributed by atoms with Crippen molar-refractivity contribution >= 4 is 17.9 Å². The molecule has 1 atom stereocenters. The van der Waals surface area contributed by atoms with E-state index in [4.69, 9.17) is 14.2 Å². The van der Waals surface area contributed by atoms with Crippen molar-refractivity contribution in [3.05, 3.63) is 72.9 Å². The summed E-state index contributed by atoms with van der Waals surface area (Å²) < 4.78 is 16.7. The molecule has 0 radical (unpaired) electrons. The van der Waals surface area contributed by atoms with Crippen LogP contribution in [0.1, 0.15) is 316 Å². The molecule has 0 spiro atoms. The highest BCUT2D eigenvalue weighted by Gasteiger charge is 2.19. The predicted molar refractivity (Wildman–Crippen MR) is 316 cm³/mol. The number of allylic oxidation sites excluding steroid dienone is 12. The second kappa shape index (κ2) is 61.4. The summed E-state index contributed by atoms with van der Waals surface area (Å²) in [6, 6.07) is 0. The number of unbranched alkanes of at least 4 members (excludes halogenated alkanes) is 34. The average molecular weight is 1020 g/mol. The lowest BCUT2D eigenvalue weighted by atomic mass is 10.0. The molecule has 0 aliphatic heterocycles. The fourth-order valence-corrected chi connectivity index (χ4v) is 9.00. The van der Waals surface area contributed by atoms with Gasteiger partial charge in [0.15, 0.2) is 6.10 Å². The molecule has 0 bridgehead atoms. The van der Waals surface area contributed by atoms with Gasteiger partial charge in [-0.2, -0.15) is 0 Å². The molecule has 73 heavy (non-hydrogen) atoms. The van der Waals surface area contributed by atoms with Crippen molar-refractivity contribution in [1.29, 1.82) is 0 Å². The molecular weight excluding hydrogens is 901 g/mol. The third-order valence-corrected chi connectivity index (χ3v) is 13.7. The van der Waals surface area contributed by atoms with Crippen molar-refractivity contribution in [1.82, 2.24) is 0 Å². The summed E-state index contributed by atoms with van der Waals surface area (Å²) in [6.45, 7) is 6.45. The molecule has 0 aromatic carbocycles. The summed E-state index contributed by atoms with van der Waals surface area (Å²) in [4.78, 5) is 37.9. The van der Waals surface area contributed by atoms with Crippen molar-refractivity contribution in [2.24, 2.45) is 0 Å². The Morgan fingerprint density at radius 2 is 0.534 bits per heavy atom. The molecule has 0 fully saturated rings. The second-order valence-electron chi connectivity index (χ2n) is 20.9. The maximum absolute atomic E-state index is 12.8. The minimum absolute atomic E-state index is 0.0815. The van der Waals surface area contributed by atoms with Crippen molar-refractivity contribution in [2.75, 3.05) is 13.2 Å². The summed E-state index contributed by atoms with van der Waals surface area (Å²) in [6.07, 6.45) is 79.7. The summed E-state index contributed by atoms with van der Waals surface area (Å²) in [5.41, 5.74) is 0. The SMILES string of the molecule is CC/C=C\C/C=C\C/C=C\C/C=C\C/C=C\CCCCCCCC(=O)OC(COC(=O)CCCCCCC)COC(=O)CCCCCCCCCCCCCCCCCCC/C=C\CCCCCCCCCC. The zero-order valence-electron chi connectivity index (χ0n) is 48.4. The normalized spacial score (nSPS) is 12.5. The molecule has 1 unspecified atom stereocenters. The first-order valence-electron chi connectivity index (χ1n) is 31.4. The lowest BCUT2D eigenvalue weighted by molar-refractivity contribution is -0.167. The van der Waals surface area contributed by atoms with Crippen LogP contribution < -0.4 is 0 Å². The van der Waals surface area contributed by atoms with Crippen LogP contribution in [0.2, 0.25) is 0 Å². The van der Waals surface area contributed by atoms with Crippen LogP contribution in [0.15, 0.2) is 72.9 Å². The van der Waals surface area contributed by atoms with E-state index in [-0.39, 0.29) is 31.1 Å². The standard InChI is InChI=1S/C67H118O6/c1-4-7-10-13-15-17-19-21-23-25-27-29-30-31-32-33-34-35-36-38-39-41-43-45-47-49-51-54-57-60-66(69)72-63-64(62-71-65(68)59-56-53-12-9-6-3)73-67(70)61-58-55-52-50-48-46-44-42-40-37-28-26-24-22-20-18-16-14-11-8-5-2/h8,11,16,18,22,24-25,27-28,37,42,44,64H,4-7,9-10,12-15,17,19-21,23,26,29-36,38-41,43,45-63H2,1-3H3/b11-8-,18-16-,24-22-,27-25-,37-28-,44-42-. The van der Waals surface area contributed by atoms with Crippen LogP contribution in [0, 0.1) is 0 Å². The number of carbonyl (C=O) groups is 3. The van der Waals surface area contributed by atoms with Gasteiger partial charge in [0.25, 0.3) is 0 Å². The topological polar surface area (TPSA) is 78.9 Å². The van der Waals surface area contributed by atoms with Gasteiger partial charge in [-0.1, -0.05) is 280 Å². The summed E-state index contributed by atoms with van der Waals surface area (Å²) in [5.74, 6) is -0.904. The van der Waals surface area contributed by atoms with Crippen LogP contribution in [0.3, 0.4) is 0 Å². The number of hydrogen-bond acceptors (Lipinski definition) is 6. The Kier molecular flexibility index (Phi) is 58.7. The Hall–Kier alpha value is -3.15. The van der Waals surface area contributed by atoms with E-state index < -0.39 is 6.10 Å². The van der Waals surface area contributed by atoms with Gasteiger partial charge in [0, 0.05) is 19.3 Å². The Morgan fingerprint density at radius 1 is 0.288 bits per heavy atom. The Morgan fingerprint density at radius 3 is 0.849 bits per heavy atom. The van der Waals surface area contributed by atoms with E-state index in [0.29, 0.717) is 19.3 Å². The average Bonchev–Trinajstić information content (AvgIpc) is 3.39.